The first-order valence-corrected chi connectivity index (χ1v) is 43.2. The molecule has 2 saturated carbocycles. The zero-order valence-corrected chi connectivity index (χ0v) is 72.5. The first-order valence-electron chi connectivity index (χ1n) is 43.2. The number of benzene rings is 2. The monoisotopic (exact) mass is 1490 g/mol. The Labute approximate surface area is 664 Å². The lowest BCUT2D eigenvalue weighted by atomic mass is 9.50. The topological polar surface area (TPSA) is 55.5 Å². The normalized spacial score (nSPS) is 38.3. The molecule has 18 aliphatic rings. The third-order valence-corrected chi connectivity index (χ3v) is 33.8. The van der Waals surface area contributed by atoms with Gasteiger partial charge in [-0.15, -0.1) is 0 Å². The minimum Gasteiger partial charge on any atom is -0.349 e. The number of fused-ring (bicyclic) bond motifs is 16. The molecule has 8 aromatic rings. The number of rotatable bonds is 6. The summed E-state index contributed by atoms with van der Waals surface area (Å²) in [6.45, 7) is 47.6. The van der Waals surface area contributed by atoms with Crippen molar-refractivity contribution >= 4 is 34.9 Å². The van der Waals surface area contributed by atoms with Crippen LogP contribution < -0.4 is 29.4 Å². The zero-order chi connectivity index (χ0) is 78.5. The Kier molecular flexibility index (Phi) is 20.2. The van der Waals surface area contributed by atoms with Crippen LogP contribution in [0.4, 0.5) is 34.9 Å². The zero-order valence-electron chi connectivity index (χ0n) is 72.5. The Morgan fingerprint density at radius 3 is 1.31 bits per heavy atom. The van der Waals surface area contributed by atoms with Crippen LogP contribution >= 0.6 is 0 Å². The maximum atomic E-state index is 2.72. The molecule has 6 aromatic heterocycles. The predicted molar refractivity (Wildman–Crippen MR) is 462 cm³/mol. The van der Waals surface area contributed by atoms with E-state index < -0.39 is 0 Å². The molecule has 596 valence electrons. The molecule has 4 aliphatic carbocycles. The first kappa shape index (κ1) is 78.1. The average molecular weight is 1490 g/mol. The second-order valence-corrected chi connectivity index (χ2v) is 39.3. The van der Waals surface area contributed by atoms with Crippen molar-refractivity contribution < 1.29 is 0 Å². The van der Waals surface area contributed by atoms with Crippen molar-refractivity contribution in [2.45, 2.75) is 296 Å². The Morgan fingerprint density at radius 2 is 0.800 bits per heavy atom. The molecule has 14 fully saturated rings. The van der Waals surface area contributed by atoms with Gasteiger partial charge in [0.05, 0.1) is 23.9 Å². The molecule has 110 heavy (non-hydrogen) atoms. The summed E-state index contributed by atoms with van der Waals surface area (Å²) in [5.74, 6) is 11.3. The molecule has 20 atom stereocenters. The van der Waals surface area contributed by atoms with Crippen LogP contribution in [0.2, 0.25) is 0 Å². The third-order valence-electron chi connectivity index (χ3n) is 33.8. The Morgan fingerprint density at radius 1 is 0.345 bits per heavy atom. The van der Waals surface area contributed by atoms with E-state index in [1.807, 2.05) is 0 Å². The van der Waals surface area contributed by atoms with E-state index in [9.17, 15) is 0 Å². The van der Waals surface area contributed by atoms with Gasteiger partial charge >= 0.3 is 0 Å². The van der Waals surface area contributed by atoms with Gasteiger partial charge in [-0.25, -0.2) is 0 Å². The molecule has 20 heterocycles. The van der Waals surface area contributed by atoms with E-state index in [0.717, 1.165) is 23.8 Å². The van der Waals surface area contributed by atoms with Gasteiger partial charge in [-0.2, -0.15) is 0 Å². The van der Waals surface area contributed by atoms with Crippen molar-refractivity contribution in [1.82, 2.24) is 37.2 Å². The summed E-state index contributed by atoms with van der Waals surface area (Å²) in [4.78, 5) is 21.2. The lowest BCUT2D eigenvalue weighted by Crippen LogP contribution is -2.72. The lowest BCUT2D eigenvalue weighted by molar-refractivity contribution is -0.0532. The molecule has 14 heteroatoms. The minimum atomic E-state index is 0.111. The highest BCUT2D eigenvalue weighted by Gasteiger charge is 2.62. The Bertz CT molecular complexity index is 4530. The van der Waals surface area contributed by atoms with Gasteiger partial charge in [0.25, 0.3) is 0 Å². The number of aryl methyl sites for hydroxylation is 6. The van der Waals surface area contributed by atoms with E-state index in [-0.39, 0.29) is 11.0 Å². The van der Waals surface area contributed by atoms with Crippen LogP contribution in [0.25, 0.3) is 0 Å². The summed E-state index contributed by atoms with van der Waals surface area (Å²) >= 11 is 0. The molecule has 20 unspecified atom stereocenters. The largest absolute Gasteiger partial charge is 0.349 e. The third kappa shape index (κ3) is 12.2. The highest BCUT2D eigenvalue weighted by molar-refractivity contribution is 5.60. The summed E-state index contributed by atoms with van der Waals surface area (Å²) in [5.41, 5.74) is 8.87. The number of nitrogens with zero attached hydrogens (tertiary/aromatic N) is 14. The fourth-order valence-electron chi connectivity index (χ4n) is 25.8. The average Bonchev–Trinajstić information content (AvgIpc) is 0.960. The number of aromatic nitrogens is 6. The van der Waals surface area contributed by atoms with Crippen molar-refractivity contribution in [1.29, 1.82) is 0 Å². The Balaban J connectivity index is 0.000000105. The van der Waals surface area contributed by atoms with Crippen LogP contribution in [0.3, 0.4) is 0 Å². The van der Waals surface area contributed by atoms with Crippen LogP contribution in [0.1, 0.15) is 242 Å². The van der Waals surface area contributed by atoms with E-state index in [2.05, 4.69) is 392 Å². The van der Waals surface area contributed by atoms with Crippen LogP contribution in [-0.4, -0.2) is 122 Å². The highest BCUT2D eigenvalue weighted by atomic mass is 15.5. The fraction of sp³-hybridized carbons (Fsp3) is 0.625. The molecule has 0 spiro atoms. The standard InChI is InChI=1S/C19H24N2.C17H20N2.C17H28N2.C16H26N2.C14H23N3.C13H21N3/c1-14-18(2)11-12-19(3,16-9-6-5-8-15(16)18)21(14)17-10-7-13-20(17)4;1-12-13-9-10-16(15-7-4-3-6-14(13)15)19(12)17-8-5-11-18(17)2;1-12-13(2)17(5)10-9-16(12,4)14(3)19(17)15-8-7-11-18(15)6;1-12-11-15(3)8-9-16(12,4)13(2)18(15)14-7-6-10-17(14)5;1-11-10-14(3)7-9-16(11)12(2)17(14)13-6-5-8-15(13)4;1-11-15-9-6-13(2,7-10-15)16(11)12-5-4-8-14(12)3/h5-10,13-14H,11-12H2,1-4H3;3-8,11-13,16H,9-10H2,1-2H3;7-8,11-14H,9-10H2,1-6H3;6-7,10,12-13H,8-9,11H2,1-5H3;5-6,8,11-12H,7,9-10H2,1-4H3;4-5,8,11H,6-7,9-10H2,1-3H3. The number of hydrogen-bond donors (Lipinski definition) is 0. The number of hydrogen-bond acceptors (Lipinski definition) is 8. The molecule has 14 nitrogen and oxygen atoms in total. The van der Waals surface area contributed by atoms with Crippen molar-refractivity contribution in [3.63, 3.8) is 0 Å². The molecule has 0 N–H and O–H groups in total. The van der Waals surface area contributed by atoms with Crippen molar-refractivity contribution in [3.8, 4) is 0 Å². The van der Waals surface area contributed by atoms with Crippen molar-refractivity contribution in [2.24, 2.45) is 70.9 Å². The van der Waals surface area contributed by atoms with E-state index >= 15 is 0 Å². The minimum absolute atomic E-state index is 0.111. The molecule has 2 aromatic carbocycles. The van der Waals surface area contributed by atoms with Gasteiger partial charge in [0.15, 0.2) is 0 Å². The highest BCUT2D eigenvalue weighted by Crippen LogP contribution is 2.63. The SMILES string of the molecule is CC1C(C)C2(C)CCC1(C)C(C)N2c1cccn1C.CC1C2CCC(c3ccccc32)N1c1cccn1C.CC1CC2(C)CCC1(C)C(C)N2c1cccn1C.CC1CC2(C)CCN1C(C)N2c1cccn1C.CC1N(c2cccn2C)C2(C)CCC1(C)c1ccccc12.CC1N2CCC(C)(CC2)N1c1cccn1C. The second kappa shape index (κ2) is 28.4. The number of piperidine rings is 8. The van der Waals surface area contributed by atoms with E-state index in [4.69, 9.17) is 0 Å². The molecule has 12 saturated heterocycles. The number of anilines is 6. The van der Waals surface area contributed by atoms with E-state index in [1.165, 1.54) is 144 Å². The quantitative estimate of drug-likeness (QED) is 0.163. The van der Waals surface area contributed by atoms with Gasteiger partial charge in [-0.3, -0.25) is 9.80 Å². The van der Waals surface area contributed by atoms with E-state index in [0.29, 0.717) is 81.4 Å². The maximum absolute atomic E-state index is 2.72. The Hall–Kier alpha value is -7.16. The summed E-state index contributed by atoms with van der Waals surface area (Å²) in [5, 5.41) is 0. The summed E-state index contributed by atoms with van der Waals surface area (Å²) in [6.07, 6.45) is 31.0. The molecule has 0 radical (unpaired) electrons. The van der Waals surface area contributed by atoms with Crippen LogP contribution in [-0.2, 0) is 53.2 Å². The summed E-state index contributed by atoms with van der Waals surface area (Å²) in [6, 6.07) is 48.3. The predicted octanol–water partition coefficient (Wildman–Crippen LogP) is 20.4. The molecule has 26 rings (SSSR count). The van der Waals surface area contributed by atoms with Crippen molar-refractivity contribution in [2.75, 3.05) is 49.0 Å². The molecular formula is C96H142N14. The van der Waals surface area contributed by atoms with Crippen LogP contribution in [0.5, 0.6) is 0 Å². The smallest absolute Gasteiger partial charge is 0.109 e. The summed E-state index contributed by atoms with van der Waals surface area (Å²) < 4.78 is 13.5. The van der Waals surface area contributed by atoms with Crippen molar-refractivity contribution in [3.05, 3.63) is 181 Å². The molecular weight excluding hydrogens is 1350 g/mol. The fourth-order valence-corrected chi connectivity index (χ4v) is 25.8. The molecule has 12 bridgehead atoms. The lowest BCUT2D eigenvalue weighted by Gasteiger charge is -2.68. The van der Waals surface area contributed by atoms with Gasteiger partial charge in [0, 0.05) is 163 Å². The van der Waals surface area contributed by atoms with Gasteiger partial charge in [0.2, 0.25) is 0 Å². The van der Waals surface area contributed by atoms with Gasteiger partial charge in [-0.1, -0.05) is 90.1 Å². The van der Waals surface area contributed by atoms with Crippen LogP contribution in [0, 0.1) is 28.6 Å². The molecule has 14 aliphatic heterocycles. The summed E-state index contributed by atoms with van der Waals surface area (Å²) in [7, 11) is 12.9. The first-order chi connectivity index (χ1) is 52.1. The van der Waals surface area contributed by atoms with Crippen LogP contribution in [0.15, 0.2) is 159 Å². The van der Waals surface area contributed by atoms with Gasteiger partial charge in [0.1, 0.15) is 34.9 Å². The maximum Gasteiger partial charge on any atom is 0.109 e. The van der Waals surface area contributed by atoms with Gasteiger partial charge in [-0.05, 0) is 290 Å². The second-order valence-electron chi connectivity index (χ2n) is 39.3. The molecule has 0 amide bonds. The van der Waals surface area contributed by atoms with E-state index in [1.54, 1.807) is 16.7 Å². The van der Waals surface area contributed by atoms with Gasteiger partial charge < -0.3 is 56.8 Å².